The number of rotatable bonds is 5. The highest BCUT2D eigenvalue weighted by atomic mass is 31.2. The van der Waals surface area contributed by atoms with Crippen molar-refractivity contribution >= 4 is 13.7 Å². The first-order valence-corrected chi connectivity index (χ1v) is 7.69. The van der Waals surface area contributed by atoms with Crippen molar-refractivity contribution in [3.63, 3.8) is 0 Å². The molecule has 5 atom stereocenters. The predicted octanol–water partition coefficient (Wildman–Crippen LogP) is -2.83. The average molecular weight is 334 g/mol. The number of phosphoric ester groups is 1. The summed E-state index contributed by atoms with van der Waals surface area (Å²) in [6.45, 7) is -0.665. The van der Waals surface area contributed by atoms with Crippen LogP contribution >= 0.6 is 7.82 Å². The molecular weight excluding hydrogens is 319 g/mol. The molecule has 1 fully saturated rings. The van der Waals surface area contributed by atoms with E-state index in [1.165, 1.54) is 29.1 Å². The van der Waals surface area contributed by atoms with Gasteiger partial charge in [0.2, 0.25) is 0 Å². The first kappa shape index (κ1) is 17.0. The number of aliphatic hydroxyl groups excluding tert-OH is 2. The van der Waals surface area contributed by atoms with Crippen LogP contribution in [-0.2, 0) is 13.8 Å². The molecule has 11 heteroatoms. The van der Waals surface area contributed by atoms with Gasteiger partial charge < -0.3 is 35.0 Å². The number of carbonyl (C=O) groups is 1. The minimum Gasteiger partial charge on any atom is -0.756 e. The van der Waals surface area contributed by atoms with E-state index in [0.29, 0.717) is 0 Å². The van der Waals surface area contributed by atoms with Crippen LogP contribution < -0.4 is 15.2 Å². The normalized spacial score (nSPS) is 30.9. The van der Waals surface area contributed by atoms with E-state index in [9.17, 15) is 24.5 Å². The number of nitrogens with zero attached hydrogens (tertiary/aromatic N) is 1. The zero-order chi connectivity index (χ0) is 16.5. The van der Waals surface area contributed by atoms with Crippen LogP contribution in [0.3, 0.4) is 0 Å². The van der Waals surface area contributed by atoms with Crippen LogP contribution in [0.4, 0.5) is 0 Å². The molecule has 1 amide bonds. The summed E-state index contributed by atoms with van der Waals surface area (Å²) in [7, 11) is -4.97. The molecule has 1 aliphatic heterocycles. The Morgan fingerprint density at radius 2 is 2.18 bits per heavy atom. The highest BCUT2D eigenvalue weighted by Crippen LogP contribution is 2.33. The van der Waals surface area contributed by atoms with Crippen molar-refractivity contribution in [1.82, 2.24) is 0 Å². The standard InChI is InChI=1S/C11H15N2O8P/c12-10(16)6-2-1-3-13(4-6)11-9(15)8(14)7(21-11)5-20-22(17,18)19/h1-4,7-9,11,14-15H,5H2,(H3-,12,16,17,18,19)/t7?,8-,9?,11-/m1/s1. The highest BCUT2D eigenvalue weighted by molar-refractivity contribution is 7.44. The Morgan fingerprint density at radius 3 is 2.77 bits per heavy atom. The number of carbonyl (C=O) groups excluding carboxylic acids is 1. The molecule has 122 valence electrons. The van der Waals surface area contributed by atoms with Gasteiger partial charge in [-0.3, -0.25) is 9.36 Å². The summed E-state index contributed by atoms with van der Waals surface area (Å²) in [5.41, 5.74) is 5.31. The minimum atomic E-state index is -4.97. The van der Waals surface area contributed by atoms with Gasteiger partial charge in [-0.25, -0.2) is 0 Å². The van der Waals surface area contributed by atoms with E-state index in [-0.39, 0.29) is 5.56 Å². The molecule has 10 nitrogen and oxygen atoms in total. The van der Waals surface area contributed by atoms with Gasteiger partial charge in [-0.2, -0.15) is 4.57 Å². The lowest BCUT2D eigenvalue weighted by molar-refractivity contribution is -0.765. The van der Waals surface area contributed by atoms with Crippen LogP contribution in [0.2, 0.25) is 0 Å². The third-order valence-corrected chi connectivity index (χ3v) is 3.62. The molecule has 0 bridgehead atoms. The molecule has 5 N–H and O–H groups in total. The first-order chi connectivity index (χ1) is 10.2. The summed E-state index contributed by atoms with van der Waals surface area (Å²) in [5.74, 6) is -0.685. The Kier molecular flexibility index (Phi) is 4.93. The summed E-state index contributed by atoms with van der Waals surface area (Å²) in [6.07, 6.45) is -2.31. The summed E-state index contributed by atoms with van der Waals surface area (Å²) in [5, 5.41) is 19.8. The molecule has 0 saturated carbocycles. The first-order valence-electron chi connectivity index (χ1n) is 6.19. The van der Waals surface area contributed by atoms with Crippen LogP contribution in [0.1, 0.15) is 16.6 Å². The lowest BCUT2D eigenvalue weighted by atomic mass is 10.1. The van der Waals surface area contributed by atoms with Crippen molar-refractivity contribution in [2.75, 3.05) is 6.61 Å². The zero-order valence-electron chi connectivity index (χ0n) is 11.2. The van der Waals surface area contributed by atoms with Gasteiger partial charge in [0.25, 0.3) is 20.0 Å². The van der Waals surface area contributed by atoms with E-state index in [1.807, 2.05) is 0 Å². The molecule has 1 aromatic heterocycles. The number of phosphoric acid groups is 1. The number of aromatic nitrogens is 1. The Morgan fingerprint density at radius 1 is 1.50 bits per heavy atom. The van der Waals surface area contributed by atoms with E-state index in [4.69, 9.17) is 15.4 Å². The summed E-state index contributed by atoms with van der Waals surface area (Å²) < 4.78 is 21.3. The molecule has 22 heavy (non-hydrogen) atoms. The second kappa shape index (κ2) is 6.39. The Hall–Kier alpha value is -1.39. The maximum absolute atomic E-state index is 11.1. The molecule has 0 radical (unpaired) electrons. The smallest absolute Gasteiger partial charge is 0.292 e. The van der Waals surface area contributed by atoms with E-state index in [1.54, 1.807) is 0 Å². The largest absolute Gasteiger partial charge is 0.756 e. The average Bonchev–Trinajstić information content (AvgIpc) is 2.72. The molecule has 2 heterocycles. The van der Waals surface area contributed by atoms with Crippen molar-refractivity contribution in [2.45, 2.75) is 24.5 Å². The maximum Gasteiger partial charge on any atom is 0.292 e. The zero-order valence-corrected chi connectivity index (χ0v) is 12.1. The van der Waals surface area contributed by atoms with Crippen LogP contribution in [0.15, 0.2) is 24.5 Å². The minimum absolute atomic E-state index is 0.159. The summed E-state index contributed by atoms with van der Waals surface area (Å²) >= 11 is 0. The number of ether oxygens (including phenoxy) is 1. The molecule has 0 aromatic carbocycles. The fourth-order valence-electron chi connectivity index (χ4n) is 2.08. The van der Waals surface area contributed by atoms with Gasteiger partial charge in [0.1, 0.15) is 17.8 Å². The molecule has 2 rings (SSSR count). The van der Waals surface area contributed by atoms with Crippen molar-refractivity contribution in [3.05, 3.63) is 30.1 Å². The van der Waals surface area contributed by atoms with Crippen LogP contribution in [0.5, 0.6) is 0 Å². The molecule has 1 aromatic rings. The summed E-state index contributed by atoms with van der Waals surface area (Å²) in [6, 6.07) is 2.95. The number of hydrogen-bond acceptors (Lipinski definition) is 7. The Labute approximate surface area is 124 Å². The van der Waals surface area contributed by atoms with Crippen LogP contribution in [0, 0.1) is 0 Å². The molecule has 1 saturated heterocycles. The van der Waals surface area contributed by atoms with Gasteiger partial charge in [0.15, 0.2) is 18.5 Å². The number of primary amides is 1. The predicted molar refractivity (Wildman–Crippen MR) is 66.9 cm³/mol. The van der Waals surface area contributed by atoms with Gasteiger partial charge in [0, 0.05) is 6.07 Å². The van der Waals surface area contributed by atoms with Crippen LogP contribution in [0.25, 0.3) is 0 Å². The van der Waals surface area contributed by atoms with Crippen molar-refractivity contribution in [1.29, 1.82) is 0 Å². The number of aliphatic hydroxyl groups is 2. The van der Waals surface area contributed by atoms with E-state index in [2.05, 4.69) is 4.52 Å². The van der Waals surface area contributed by atoms with Crippen molar-refractivity contribution in [2.24, 2.45) is 5.73 Å². The number of hydrogen-bond donors (Lipinski definition) is 4. The lowest BCUT2D eigenvalue weighted by Gasteiger charge is -2.19. The van der Waals surface area contributed by atoms with E-state index >= 15 is 0 Å². The van der Waals surface area contributed by atoms with Gasteiger partial charge >= 0.3 is 0 Å². The topological polar surface area (TPSA) is 166 Å². The van der Waals surface area contributed by atoms with E-state index < -0.39 is 44.9 Å². The number of amides is 1. The van der Waals surface area contributed by atoms with Gasteiger partial charge in [0.05, 0.1) is 6.61 Å². The second-order valence-electron chi connectivity index (χ2n) is 4.71. The third kappa shape index (κ3) is 3.87. The quantitative estimate of drug-likeness (QED) is 0.330. The fraction of sp³-hybridized carbons (Fsp3) is 0.455. The molecule has 0 aliphatic carbocycles. The fourth-order valence-corrected chi connectivity index (χ4v) is 2.41. The molecule has 0 spiro atoms. The highest BCUT2D eigenvalue weighted by Gasteiger charge is 2.48. The van der Waals surface area contributed by atoms with Crippen LogP contribution in [-0.4, -0.2) is 45.9 Å². The maximum atomic E-state index is 11.1. The van der Waals surface area contributed by atoms with Crippen molar-refractivity contribution in [3.8, 4) is 0 Å². The molecule has 3 unspecified atom stereocenters. The van der Waals surface area contributed by atoms with Gasteiger partial charge in [-0.05, 0) is 6.07 Å². The second-order valence-corrected chi connectivity index (χ2v) is 5.91. The Bertz CT molecular complexity index is 606. The van der Waals surface area contributed by atoms with Crippen molar-refractivity contribution < 1.29 is 43.2 Å². The molecular formula is C11H15N2O8P. The SMILES string of the molecule is NC(=O)c1ccc[n+]([C@@H]2OC(COP(=O)([O-])O)[C@@H](O)C2O)c1. The van der Waals surface area contributed by atoms with E-state index in [0.717, 1.165) is 0 Å². The monoisotopic (exact) mass is 334 g/mol. The number of pyridine rings is 1. The Balaban J connectivity index is 2.14. The lowest BCUT2D eigenvalue weighted by Crippen LogP contribution is -2.46. The molecule has 1 aliphatic rings. The van der Waals surface area contributed by atoms with Gasteiger partial charge in [-0.1, -0.05) is 0 Å². The summed E-state index contributed by atoms with van der Waals surface area (Å²) in [4.78, 5) is 30.2. The number of nitrogens with two attached hydrogens (primary N) is 1. The van der Waals surface area contributed by atoms with Gasteiger partial charge in [-0.15, -0.1) is 0 Å². The third-order valence-electron chi connectivity index (χ3n) is 3.14.